The van der Waals surface area contributed by atoms with Crippen LogP contribution in [-0.2, 0) is 6.54 Å². The Morgan fingerprint density at radius 1 is 1.17 bits per heavy atom. The van der Waals surface area contributed by atoms with E-state index in [9.17, 15) is 5.11 Å². The van der Waals surface area contributed by atoms with Crippen molar-refractivity contribution in [2.75, 3.05) is 18.0 Å². The van der Waals surface area contributed by atoms with Crippen LogP contribution in [-0.4, -0.2) is 30.3 Å². The standard InChI is InChI=1S/C15H24N2O/c1-3-17(4-2)14-7-5-12(6-8-14)11-16-13-9-15(18)10-13/h5-8,13,15-16,18H,3-4,9-11H2,1-2H3. The lowest BCUT2D eigenvalue weighted by Gasteiger charge is -2.32. The molecule has 0 aromatic heterocycles. The van der Waals surface area contributed by atoms with Crippen LogP contribution in [0.15, 0.2) is 24.3 Å². The molecule has 3 nitrogen and oxygen atoms in total. The van der Waals surface area contributed by atoms with Crippen LogP contribution in [0.25, 0.3) is 0 Å². The van der Waals surface area contributed by atoms with Crippen LogP contribution in [0.4, 0.5) is 5.69 Å². The third kappa shape index (κ3) is 3.24. The SMILES string of the molecule is CCN(CC)c1ccc(CNC2CC(O)C2)cc1. The van der Waals surface area contributed by atoms with Crippen molar-refractivity contribution in [3.8, 4) is 0 Å². The molecule has 1 aliphatic rings. The molecule has 1 aromatic rings. The number of hydrogen-bond acceptors (Lipinski definition) is 3. The molecule has 0 unspecified atom stereocenters. The van der Waals surface area contributed by atoms with E-state index in [2.05, 4.69) is 48.3 Å². The summed E-state index contributed by atoms with van der Waals surface area (Å²) in [6.07, 6.45) is 1.72. The molecule has 3 heteroatoms. The Morgan fingerprint density at radius 3 is 2.28 bits per heavy atom. The fourth-order valence-electron chi connectivity index (χ4n) is 2.43. The molecule has 0 atom stereocenters. The van der Waals surface area contributed by atoms with Crippen molar-refractivity contribution in [1.82, 2.24) is 5.32 Å². The molecule has 0 heterocycles. The molecule has 18 heavy (non-hydrogen) atoms. The zero-order valence-corrected chi connectivity index (χ0v) is 11.4. The van der Waals surface area contributed by atoms with E-state index in [4.69, 9.17) is 0 Å². The molecule has 0 radical (unpaired) electrons. The minimum Gasteiger partial charge on any atom is -0.393 e. The quantitative estimate of drug-likeness (QED) is 0.809. The fourth-order valence-corrected chi connectivity index (χ4v) is 2.43. The Morgan fingerprint density at radius 2 is 1.78 bits per heavy atom. The summed E-state index contributed by atoms with van der Waals surface area (Å²) in [7, 11) is 0. The van der Waals surface area contributed by atoms with E-state index >= 15 is 0 Å². The lowest BCUT2D eigenvalue weighted by molar-refractivity contribution is 0.0619. The van der Waals surface area contributed by atoms with Crippen molar-refractivity contribution in [2.24, 2.45) is 0 Å². The highest BCUT2D eigenvalue weighted by Crippen LogP contribution is 2.20. The van der Waals surface area contributed by atoms with E-state index < -0.39 is 0 Å². The first-order chi connectivity index (χ1) is 8.72. The molecule has 1 aromatic carbocycles. The molecule has 0 saturated heterocycles. The first-order valence-corrected chi connectivity index (χ1v) is 6.98. The summed E-state index contributed by atoms with van der Waals surface area (Å²) in [4.78, 5) is 2.35. The van der Waals surface area contributed by atoms with Gasteiger partial charge in [0.15, 0.2) is 0 Å². The van der Waals surface area contributed by atoms with Crippen molar-refractivity contribution in [1.29, 1.82) is 0 Å². The van der Waals surface area contributed by atoms with Crippen LogP contribution in [0.3, 0.4) is 0 Å². The fraction of sp³-hybridized carbons (Fsp3) is 0.600. The first-order valence-electron chi connectivity index (χ1n) is 6.98. The van der Waals surface area contributed by atoms with E-state index in [1.807, 2.05) is 0 Å². The molecular formula is C15H24N2O. The largest absolute Gasteiger partial charge is 0.393 e. The molecule has 1 saturated carbocycles. The highest BCUT2D eigenvalue weighted by Gasteiger charge is 2.26. The summed E-state index contributed by atoms with van der Waals surface area (Å²) >= 11 is 0. The van der Waals surface area contributed by atoms with Gasteiger partial charge < -0.3 is 15.3 Å². The van der Waals surface area contributed by atoms with Gasteiger partial charge in [-0.25, -0.2) is 0 Å². The van der Waals surface area contributed by atoms with E-state index in [-0.39, 0.29) is 6.10 Å². The first kappa shape index (κ1) is 13.4. The molecule has 0 spiro atoms. The number of aliphatic hydroxyl groups excluding tert-OH is 1. The van der Waals surface area contributed by atoms with Gasteiger partial charge in [-0.05, 0) is 44.4 Å². The molecule has 1 fully saturated rings. The predicted octanol–water partition coefficient (Wildman–Crippen LogP) is 2.15. The summed E-state index contributed by atoms with van der Waals surface area (Å²) in [6.45, 7) is 7.36. The zero-order chi connectivity index (χ0) is 13.0. The van der Waals surface area contributed by atoms with Crippen molar-refractivity contribution < 1.29 is 5.11 Å². The Balaban J connectivity index is 1.83. The Labute approximate surface area is 110 Å². The van der Waals surface area contributed by atoms with Gasteiger partial charge in [0, 0.05) is 31.4 Å². The monoisotopic (exact) mass is 248 g/mol. The number of aliphatic hydroxyl groups is 1. The van der Waals surface area contributed by atoms with Gasteiger partial charge in [-0.2, -0.15) is 0 Å². The maximum atomic E-state index is 9.22. The van der Waals surface area contributed by atoms with Crippen LogP contribution < -0.4 is 10.2 Å². The summed E-state index contributed by atoms with van der Waals surface area (Å²) in [5.74, 6) is 0. The van der Waals surface area contributed by atoms with E-state index in [0.29, 0.717) is 6.04 Å². The molecule has 2 rings (SSSR count). The van der Waals surface area contributed by atoms with E-state index in [1.54, 1.807) is 0 Å². The lowest BCUT2D eigenvalue weighted by atomic mass is 9.89. The minimum absolute atomic E-state index is 0.0763. The number of benzene rings is 1. The van der Waals surface area contributed by atoms with E-state index in [0.717, 1.165) is 32.5 Å². The van der Waals surface area contributed by atoms with Crippen molar-refractivity contribution >= 4 is 5.69 Å². The van der Waals surface area contributed by atoms with Crippen molar-refractivity contribution in [3.05, 3.63) is 29.8 Å². The molecule has 0 amide bonds. The van der Waals surface area contributed by atoms with E-state index in [1.165, 1.54) is 11.3 Å². The zero-order valence-electron chi connectivity index (χ0n) is 11.4. The molecule has 0 bridgehead atoms. The maximum absolute atomic E-state index is 9.22. The number of hydrogen-bond donors (Lipinski definition) is 2. The summed E-state index contributed by atoms with van der Waals surface area (Å²) in [5, 5.41) is 12.7. The topological polar surface area (TPSA) is 35.5 Å². The third-order valence-electron chi connectivity index (χ3n) is 3.77. The van der Waals surface area contributed by atoms with Crippen LogP contribution in [0.2, 0.25) is 0 Å². The number of nitrogens with one attached hydrogen (secondary N) is 1. The van der Waals surface area contributed by atoms with Crippen LogP contribution >= 0.6 is 0 Å². The summed E-state index contributed by atoms with van der Waals surface area (Å²) in [5.41, 5.74) is 2.61. The van der Waals surface area contributed by atoms with Gasteiger partial charge >= 0.3 is 0 Å². The van der Waals surface area contributed by atoms with Gasteiger partial charge in [-0.1, -0.05) is 12.1 Å². The van der Waals surface area contributed by atoms with Gasteiger partial charge in [0.2, 0.25) is 0 Å². The van der Waals surface area contributed by atoms with Crippen LogP contribution in [0.1, 0.15) is 32.3 Å². The van der Waals surface area contributed by atoms with Gasteiger partial charge in [-0.15, -0.1) is 0 Å². The predicted molar refractivity (Wildman–Crippen MR) is 75.9 cm³/mol. The Kier molecular flexibility index (Phi) is 4.61. The third-order valence-corrected chi connectivity index (χ3v) is 3.77. The molecule has 0 aliphatic heterocycles. The van der Waals surface area contributed by atoms with Gasteiger partial charge in [0.05, 0.1) is 6.10 Å². The highest BCUT2D eigenvalue weighted by molar-refractivity contribution is 5.47. The number of rotatable bonds is 6. The Bertz CT molecular complexity index is 353. The number of nitrogens with zero attached hydrogens (tertiary/aromatic N) is 1. The lowest BCUT2D eigenvalue weighted by Crippen LogP contribution is -2.43. The summed E-state index contributed by atoms with van der Waals surface area (Å²) < 4.78 is 0. The normalized spacial score (nSPS) is 22.6. The maximum Gasteiger partial charge on any atom is 0.0570 e. The number of anilines is 1. The average Bonchev–Trinajstić information content (AvgIpc) is 2.36. The molecule has 2 N–H and O–H groups in total. The smallest absolute Gasteiger partial charge is 0.0570 e. The molecule has 1 aliphatic carbocycles. The minimum atomic E-state index is -0.0763. The van der Waals surface area contributed by atoms with Crippen molar-refractivity contribution in [3.63, 3.8) is 0 Å². The van der Waals surface area contributed by atoms with Gasteiger partial charge in [0.1, 0.15) is 0 Å². The summed E-state index contributed by atoms with van der Waals surface area (Å²) in [6, 6.07) is 9.27. The second kappa shape index (κ2) is 6.21. The molecule has 100 valence electrons. The van der Waals surface area contributed by atoms with Gasteiger partial charge in [-0.3, -0.25) is 0 Å². The van der Waals surface area contributed by atoms with Crippen LogP contribution in [0, 0.1) is 0 Å². The second-order valence-corrected chi connectivity index (χ2v) is 5.04. The van der Waals surface area contributed by atoms with Crippen molar-refractivity contribution in [2.45, 2.75) is 45.4 Å². The average molecular weight is 248 g/mol. The second-order valence-electron chi connectivity index (χ2n) is 5.04. The Hall–Kier alpha value is -1.06. The highest BCUT2D eigenvalue weighted by atomic mass is 16.3. The van der Waals surface area contributed by atoms with Gasteiger partial charge in [0.25, 0.3) is 0 Å². The van der Waals surface area contributed by atoms with Crippen LogP contribution in [0.5, 0.6) is 0 Å². The molecular weight excluding hydrogens is 224 g/mol.